The molecule has 2 N–H and O–H groups in total. The van der Waals surface area contributed by atoms with E-state index in [1.807, 2.05) is 6.92 Å². The number of aliphatic hydroxyl groups is 1. The van der Waals surface area contributed by atoms with Crippen LogP contribution in [0.25, 0.3) is 5.76 Å². The van der Waals surface area contributed by atoms with Gasteiger partial charge in [0.2, 0.25) is 0 Å². The number of furan rings is 1. The van der Waals surface area contributed by atoms with E-state index in [9.17, 15) is 19.8 Å². The summed E-state index contributed by atoms with van der Waals surface area (Å²) in [7, 11) is 1.55. The highest BCUT2D eigenvalue weighted by Gasteiger charge is 2.49. The minimum absolute atomic E-state index is 0.115. The number of aryl methyl sites for hydroxylation is 2. The van der Waals surface area contributed by atoms with E-state index in [1.165, 1.54) is 18.4 Å². The third-order valence-electron chi connectivity index (χ3n) is 5.40. The van der Waals surface area contributed by atoms with Gasteiger partial charge in [0.05, 0.1) is 24.6 Å². The van der Waals surface area contributed by atoms with E-state index in [2.05, 4.69) is 0 Å². The van der Waals surface area contributed by atoms with E-state index < -0.39 is 17.7 Å². The Hall–Kier alpha value is -4.00. The van der Waals surface area contributed by atoms with Crippen molar-refractivity contribution in [3.63, 3.8) is 0 Å². The van der Waals surface area contributed by atoms with Crippen LogP contribution in [0.1, 0.15) is 28.5 Å². The summed E-state index contributed by atoms with van der Waals surface area (Å²) >= 11 is 0. The van der Waals surface area contributed by atoms with Crippen LogP contribution in [-0.2, 0) is 9.59 Å². The van der Waals surface area contributed by atoms with Crippen molar-refractivity contribution in [3.8, 4) is 11.5 Å². The molecule has 1 aliphatic heterocycles. The molecule has 1 aromatic heterocycles. The molecule has 2 heterocycles. The van der Waals surface area contributed by atoms with Crippen LogP contribution in [0.2, 0.25) is 0 Å². The van der Waals surface area contributed by atoms with Gasteiger partial charge in [0.25, 0.3) is 11.7 Å². The molecule has 1 atom stereocenters. The first-order chi connectivity index (χ1) is 14.8. The number of methoxy groups -OCH3 is 1. The molecule has 0 saturated carbocycles. The minimum Gasteiger partial charge on any atom is -0.507 e. The zero-order valence-electron chi connectivity index (χ0n) is 17.2. The molecule has 1 fully saturated rings. The smallest absolute Gasteiger partial charge is 0.300 e. The van der Waals surface area contributed by atoms with E-state index in [4.69, 9.17) is 9.15 Å². The summed E-state index contributed by atoms with van der Waals surface area (Å²) in [5.41, 5.74) is 1.87. The summed E-state index contributed by atoms with van der Waals surface area (Å²) in [6.07, 6.45) is 1.42. The number of anilines is 1. The number of nitrogens with zero attached hydrogens (tertiary/aromatic N) is 1. The Labute approximate surface area is 178 Å². The van der Waals surface area contributed by atoms with Crippen LogP contribution in [0.5, 0.6) is 11.5 Å². The third kappa shape index (κ3) is 3.24. The molecular formula is C24H21NO6. The summed E-state index contributed by atoms with van der Waals surface area (Å²) in [5, 5.41) is 21.6. The first kappa shape index (κ1) is 20.3. The normalized spacial score (nSPS) is 17.9. The van der Waals surface area contributed by atoms with Crippen LogP contribution in [-0.4, -0.2) is 29.0 Å². The number of hydrogen-bond donors (Lipinski definition) is 2. The van der Waals surface area contributed by atoms with Gasteiger partial charge >= 0.3 is 0 Å². The van der Waals surface area contributed by atoms with Gasteiger partial charge in [-0.05, 0) is 61.4 Å². The number of aliphatic hydroxyl groups excluding tert-OH is 1. The lowest BCUT2D eigenvalue weighted by Crippen LogP contribution is -2.29. The number of ether oxygens (including phenoxy) is 1. The number of para-hydroxylation sites is 2. The highest BCUT2D eigenvalue weighted by molar-refractivity contribution is 6.51. The summed E-state index contributed by atoms with van der Waals surface area (Å²) in [6, 6.07) is 11.9. The van der Waals surface area contributed by atoms with Crippen LogP contribution in [0.15, 0.2) is 64.8 Å². The van der Waals surface area contributed by atoms with Gasteiger partial charge < -0.3 is 19.4 Å². The van der Waals surface area contributed by atoms with Crippen molar-refractivity contribution in [1.82, 2.24) is 0 Å². The molecule has 0 spiro atoms. The van der Waals surface area contributed by atoms with Crippen molar-refractivity contribution in [3.05, 3.63) is 82.8 Å². The fourth-order valence-electron chi connectivity index (χ4n) is 3.87. The number of ketones is 1. The number of carbonyl (C=O) groups excluding carboxylic acids is 2. The van der Waals surface area contributed by atoms with Crippen LogP contribution in [0, 0.1) is 13.8 Å². The summed E-state index contributed by atoms with van der Waals surface area (Å²) in [5.74, 6) is -1.29. The second kappa shape index (κ2) is 7.68. The number of phenols is 1. The molecule has 7 nitrogen and oxygen atoms in total. The lowest BCUT2D eigenvalue weighted by Gasteiger charge is -2.24. The fourth-order valence-corrected chi connectivity index (χ4v) is 3.87. The Morgan fingerprint density at radius 2 is 1.81 bits per heavy atom. The first-order valence-corrected chi connectivity index (χ1v) is 9.63. The lowest BCUT2D eigenvalue weighted by atomic mass is 9.95. The van der Waals surface area contributed by atoms with Crippen LogP contribution in [0.3, 0.4) is 0 Å². The van der Waals surface area contributed by atoms with Gasteiger partial charge in [0.15, 0.2) is 0 Å². The number of Topliss-reactive ketones (excluding diaryl/α,β-unsaturated/α-hetero) is 1. The second-order valence-corrected chi connectivity index (χ2v) is 7.31. The SMILES string of the molecule is COc1cc(C)c(/C(O)=C2/C(=O)C(=O)N(c3ccccc3O)C2c2ccco2)cc1C. The fraction of sp³-hybridized carbons (Fsp3) is 0.167. The van der Waals surface area contributed by atoms with Gasteiger partial charge in [-0.15, -0.1) is 0 Å². The highest BCUT2D eigenvalue weighted by atomic mass is 16.5. The Balaban J connectivity index is 1.97. The van der Waals surface area contributed by atoms with E-state index >= 15 is 0 Å². The Morgan fingerprint density at radius 3 is 2.45 bits per heavy atom. The van der Waals surface area contributed by atoms with Crippen LogP contribution >= 0.6 is 0 Å². The Bertz CT molecular complexity index is 1210. The van der Waals surface area contributed by atoms with Gasteiger partial charge in [0.1, 0.15) is 29.1 Å². The Morgan fingerprint density at radius 1 is 1.06 bits per heavy atom. The van der Waals surface area contributed by atoms with Crippen molar-refractivity contribution < 1.29 is 29.0 Å². The predicted octanol–water partition coefficient (Wildman–Crippen LogP) is 4.24. The molecular weight excluding hydrogens is 398 g/mol. The molecule has 0 radical (unpaired) electrons. The molecule has 1 unspecified atom stereocenters. The largest absolute Gasteiger partial charge is 0.507 e. The maximum Gasteiger partial charge on any atom is 0.300 e. The van der Waals surface area contributed by atoms with Gasteiger partial charge in [0, 0.05) is 5.56 Å². The Kier molecular flexibility index (Phi) is 5.02. The minimum atomic E-state index is -1.04. The number of carbonyl (C=O) groups is 2. The molecule has 3 aromatic rings. The lowest BCUT2D eigenvalue weighted by molar-refractivity contribution is -0.132. The van der Waals surface area contributed by atoms with Crippen molar-refractivity contribution in [1.29, 1.82) is 0 Å². The zero-order valence-corrected chi connectivity index (χ0v) is 17.2. The quantitative estimate of drug-likeness (QED) is 0.373. The third-order valence-corrected chi connectivity index (χ3v) is 5.40. The molecule has 158 valence electrons. The number of phenolic OH excluding ortho intramolecular Hbond substituents is 1. The number of hydrogen-bond acceptors (Lipinski definition) is 6. The standard InChI is InChI=1S/C24H21NO6/c1-13-12-19(30-3)14(2)11-15(13)22(27)20-21(18-9-6-10-31-18)25(24(29)23(20)28)16-7-4-5-8-17(16)26/h4-12,21,26-27H,1-3H3/b22-20-. The second-order valence-electron chi connectivity index (χ2n) is 7.31. The zero-order chi connectivity index (χ0) is 22.3. The average Bonchev–Trinajstić information content (AvgIpc) is 3.37. The topological polar surface area (TPSA) is 100 Å². The molecule has 0 aliphatic carbocycles. The van der Waals surface area contributed by atoms with Gasteiger partial charge in [-0.2, -0.15) is 0 Å². The van der Waals surface area contributed by atoms with Crippen molar-refractivity contribution in [2.45, 2.75) is 19.9 Å². The molecule has 1 amide bonds. The monoisotopic (exact) mass is 419 g/mol. The number of amides is 1. The molecule has 1 aliphatic rings. The summed E-state index contributed by atoms with van der Waals surface area (Å²) < 4.78 is 10.8. The van der Waals surface area contributed by atoms with E-state index in [1.54, 1.807) is 50.4 Å². The van der Waals surface area contributed by atoms with Crippen LogP contribution in [0.4, 0.5) is 5.69 Å². The van der Waals surface area contributed by atoms with Gasteiger partial charge in [-0.3, -0.25) is 14.5 Å². The maximum absolute atomic E-state index is 13.1. The molecule has 7 heteroatoms. The van der Waals surface area contributed by atoms with E-state index in [0.717, 1.165) is 10.5 Å². The summed E-state index contributed by atoms with van der Waals surface area (Å²) in [6.45, 7) is 3.59. The maximum atomic E-state index is 13.1. The number of benzene rings is 2. The van der Waals surface area contributed by atoms with Crippen molar-refractivity contribution >= 4 is 23.1 Å². The van der Waals surface area contributed by atoms with Crippen LogP contribution < -0.4 is 9.64 Å². The highest BCUT2D eigenvalue weighted by Crippen LogP contribution is 2.45. The van der Waals surface area contributed by atoms with E-state index in [0.29, 0.717) is 16.9 Å². The molecule has 0 bridgehead atoms. The average molecular weight is 419 g/mol. The molecule has 4 rings (SSSR count). The van der Waals surface area contributed by atoms with E-state index in [-0.39, 0.29) is 28.5 Å². The predicted molar refractivity (Wildman–Crippen MR) is 114 cm³/mol. The molecule has 31 heavy (non-hydrogen) atoms. The number of rotatable bonds is 4. The van der Waals surface area contributed by atoms with Crippen molar-refractivity contribution in [2.75, 3.05) is 12.0 Å². The number of aromatic hydroxyl groups is 1. The molecule has 2 aromatic carbocycles. The summed E-state index contributed by atoms with van der Waals surface area (Å²) in [4.78, 5) is 27.2. The van der Waals surface area contributed by atoms with Crippen molar-refractivity contribution in [2.24, 2.45) is 0 Å². The van der Waals surface area contributed by atoms with Gasteiger partial charge in [-0.1, -0.05) is 12.1 Å². The first-order valence-electron chi connectivity index (χ1n) is 9.63. The molecule has 1 saturated heterocycles. The van der Waals surface area contributed by atoms with Gasteiger partial charge in [-0.25, -0.2) is 0 Å².